The Morgan fingerprint density at radius 3 is 2.85 bits per heavy atom. The molecule has 0 radical (unpaired) electrons. The molecule has 0 aliphatic carbocycles. The standard InChI is InChI=1S/C16H15NO3/c18-16(20-13-14-6-2-1-3-7-14)17-10-5-4-8-15-9-11-19-12-15/h1-3,6-7,9,11-12H,5,10,13H2,(H,17,18). The summed E-state index contributed by atoms with van der Waals surface area (Å²) in [6, 6.07) is 11.3. The molecule has 4 heteroatoms. The molecule has 0 fully saturated rings. The number of ether oxygens (including phenoxy) is 1. The fraction of sp³-hybridized carbons (Fsp3) is 0.188. The van der Waals surface area contributed by atoms with E-state index in [1.807, 2.05) is 30.3 Å². The Labute approximate surface area is 117 Å². The van der Waals surface area contributed by atoms with Crippen LogP contribution in [0, 0.1) is 11.8 Å². The van der Waals surface area contributed by atoms with E-state index in [1.54, 1.807) is 18.6 Å². The van der Waals surface area contributed by atoms with Crippen molar-refractivity contribution in [3.05, 3.63) is 60.1 Å². The van der Waals surface area contributed by atoms with Gasteiger partial charge in [0.05, 0.1) is 11.8 Å². The third-order valence-electron chi connectivity index (χ3n) is 2.49. The molecule has 0 spiro atoms. The molecule has 1 aromatic heterocycles. The normalized spacial score (nSPS) is 9.40. The Morgan fingerprint density at radius 1 is 1.25 bits per heavy atom. The zero-order valence-corrected chi connectivity index (χ0v) is 11.0. The van der Waals surface area contributed by atoms with Gasteiger partial charge in [-0.25, -0.2) is 4.79 Å². The van der Waals surface area contributed by atoms with Crippen LogP contribution in [-0.4, -0.2) is 12.6 Å². The molecular formula is C16H15NO3. The molecule has 0 saturated carbocycles. The molecule has 0 unspecified atom stereocenters. The number of benzene rings is 1. The van der Waals surface area contributed by atoms with Crippen LogP contribution in [-0.2, 0) is 11.3 Å². The largest absolute Gasteiger partial charge is 0.471 e. The van der Waals surface area contributed by atoms with Gasteiger partial charge in [-0.15, -0.1) is 0 Å². The lowest BCUT2D eigenvalue weighted by molar-refractivity contribution is 0.140. The van der Waals surface area contributed by atoms with E-state index in [1.165, 1.54) is 0 Å². The number of hydrogen-bond acceptors (Lipinski definition) is 3. The molecule has 0 bridgehead atoms. The maximum atomic E-state index is 11.4. The van der Waals surface area contributed by atoms with Crippen LogP contribution in [0.15, 0.2) is 53.3 Å². The SMILES string of the molecule is O=C(NCCC#Cc1ccoc1)OCc1ccccc1. The Morgan fingerprint density at radius 2 is 2.10 bits per heavy atom. The smallest absolute Gasteiger partial charge is 0.407 e. The van der Waals surface area contributed by atoms with Crippen molar-refractivity contribution in [1.29, 1.82) is 0 Å². The first-order valence-electron chi connectivity index (χ1n) is 6.30. The fourth-order valence-corrected chi connectivity index (χ4v) is 1.50. The van der Waals surface area contributed by atoms with E-state index in [2.05, 4.69) is 17.2 Å². The summed E-state index contributed by atoms with van der Waals surface area (Å²) in [6.45, 7) is 0.728. The second-order valence-corrected chi connectivity index (χ2v) is 4.05. The van der Waals surface area contributed by atoms with Gasteiger partial charge in [-0.3, -0.25) is 0 Å². The molecular weight excluding hydrogens is 254 g/mol. The zero-order chi connectivity index (χ0) is 14.0. The van der Waals surface area contributed by atoms with Gasteiger partial charge in [0.1, 0.15) is 12.9 Å². The number of carbonyl (C=O) groups is 1. The Balaban J connectivity index is 1.61. The highest BCUT2D eigenvalue weighted by Gasteiger charge is 2.00. The number of amides is 1. The molecule has 0 aliphatic heterocycles. The van der Waals surface area contributed by atoms with E-state index in [0.717, 1.165) is 11.1 Å². The molecule has 0 aliphatic rings. The first-order valence-corrected chi connectivity index (χ1v) is 6.30. The van der Waals surface area contributed by atoms with Crippen molar-refractivity contribution in [2.45, 2.75) is 13.0 Å². The van der Waals surface area contributed by atoms with Crippen LogP contribution in [0.25, 0.3) is 0 Å². The van der Waals surface area contributed by atoms with E-state index in [4.69, 9.17) is 9.15 Å². The highest BCUT2D eigenvalue weighted by Crippen LogP contribution is 2.00. The summed E-state index contributed by atoms with van der Waals surface area (Å²) in [7, 11) is 0. The molecule has 0 saturated heterocycles. The summed E-state index contributed by atoms with van der Waals surface area (Å²) >= 11 is 0. The number of carbonyl (C=O) groups excluding carboxylic acids is 1. The molecule has 102 valence electrons. The molecule has 2 aromatic rings. The quantitative estimate of drug-likeness (QED) is 0.685. The molecule has 0 atom stereocenters. The molecule has 1 N–H and O–H groups in total. The predicted molar refractivity (Wildman–Crippen MR) is 74.8 cm³/mol. The highest BCUT2D eigenvalue weighted by atomic mass is 16.5. The van der Waals surface area contributed by atoms with Crippen molar-refractivity contribution in [3.63, 3.8) is 0 Å². The van der Waals surface area contributed by atoms with Crippen molar-refractivity contribution in [2.24, 2.45) is 0 Å². The first-order chi connectivity index (χ1) is 9.84. The average molecular weight is 269 g/mol. The lowest BCUT2D eigenvalue weighted by Crippen LogP contribution is -2.24. The number of nitrogens with one attached hydrogen (secondary N) is 1. The van der Waals surface area contributed by atoms with Crippen LogP contribution in [0.5, 0.6) is 0 Å². The summed E-state index contributed by atoms with van der Waals surface area (Å²) < 4.78 is 9.96. The van der Waals surface area contributed by atoms with Gasteiger partial charge in [0.15, 0.2) is 0 Å². The Bertz CT molecular complexity index is 579. The number of alkyl carbamates (subject to hydrolysis) is 1. The predicted octanol–water partition coefficient (Wildman–Crippen LogP) is 2.95. The summed E-state index contributed by atoms with van der Waals surface area (Å²) in [5.41, 5.74) is 1.79. The molecule has 4 nitrogen and oxygen atoms in total. The van der Waals surface area contributed by atoms with Gasteiger partial charge < -0.3 is 14.5 Å². The van der Waals surface area contributed by atoms with E-state index in [0.29, 0.717) is 13.0 Å². The van der Waals surface area contributed by atoms with Gasteiger partial charge in [0, 0.05) is 13.0 Å². The third kappa shape index (κ3) is 4.91. The minimum absolute atomic E-state index is 0.271. The number of furan rings is 1. The molecule has 1 heterocycles. The van der Waals surface area contributed by atoms with E-state index < -0.39 is 6.09 Å². The van der Waals surface area contributed by atoms with Crippen molar-refractivity contribution in [1.82, 2.24) is 5.32 Å². The van der Waals surface area contributed by atoms with Crippen molar-refractivity contribution < 1.29 is 13.9 Å². The second-order valence-electron chi connectivity index (χ2n) is 4.05. The van der Waals surface area contributed by atoms with E-state index >= 15 is 0 Å². The van der Waals surface area contributed by atoms with Gasteiger partial charge in [-0.2, -0.15) is 0 Å². The van der Waals surface area contributed by atoms with Crippen LogP contribution >= 0.6 is 0 Å². The van der Waals surface area contributed by atoms with Gasteiger partial charge in [0.25, 0.3) is 0 Å². The molecule has 2 rings (SSSR count). The number of hydrogen-bond donors (Lipinski definition) is 1. The number of rotatable bonds is 4. The first kappa shape index (κ1) is 13.8. The summed E-state index contributed by atoms with van der Waals surface area (Å²) in [6.07, 6.45) is 3.28. The maximum absolute atomic E-state index is 11.4. The van der Waals surface area contributed by atoms with Gasteiger partial charge in [-0.1, -0.05) is 42.2 Å². The summed E-state index contributed by atoms with van der Waals surface area (Å²) in [4.78, 5) is 11.4. The highest BCUT2D eigenvalue weighted by molar-refractivity contribution is 5.67. The topological polar surface area (TPSA) is 51.5 Å². The minimum Gasteiger partial charge on any atom is -0.471 e. The van der Waals surface area contributed by atoms with Gasteiger partial charge in [0.2, 0.25) is 0 Å². The van der Waals surface area contributed by atoms with Crippen LogP contribution in [0.1, 0.15) is 17.5 Å². The fourth-order valence-electron chi connectivity index (χ4n) is 1.50. The van der Waals surface area contributed by atoms with Crippen LogP contribution in [0.4, 0.5) is 4.79 Å². The summed E-state index contributed by atoms with van der Waals surface area (Å²) in [5.74, 6) is 5.86. The second kappa shape index (κ2) is 7.70. The monoisotopic (exact) mass is 269 g/mol. The lowest BCUT2D eigenvalue weighted by Gasteiger charge is -2.05. The third-order valence-corrected chi connectivity index (χ3v) is 2.49. The minimum atomic E-state index is -0.432. The van der Waals surface area contributed by atoms with Crippen molar-refractivity contribution in [2.75, 3.05) is 6.54 Å². The van der Waals surface area contributed by atoms with Crippen molar-refractivity contribution >= 4 is 6.09 Å². The van der Waals surface area contributed by atoms with E-state index in [9.17, 15) is 4.79 Å². The Kier molecular flexibility index (Phi) is 5.29. The maximum Gasteiger partial charge on any atom is 0.407 e. The van der Waals surface area contributed by atoms with Gasteiger partial charge in [-0.05, 0) is 11.6 Å². The van der Waals surface area contributed by atoms with Crippen LogP contribution in [0.2, 0.25) is 0 Å². The van der Waals surface area contributed by atoms with Crippen LogP contribution < -0.4 is 5.32 Å². The lowest BCUT2D eigenvalue weighted by atomic mass is 10.2. The van der Waals surface area contributed by atoms with Crippen molar-refractivity contribution in [3.8, 4) is 11.8 Å². The zero-order valence-electron chi connectivity index (χ0n) is 11.0. The van der Waals surface area contributed by atoms with Gasteiger partial charge >= 0.3 is 6.09 Å². The molecule has 1 amide bonds. The van der Waals surface area contributed by atoms with Crippen LogP contribution in [0.3, 0.4) is 0 Å². The average Bonchev–Trinajstić information content (AvgIpc) is 2.99. The summed E-state index contributed by atoms with van der Waals surface area (Å²) in [5, 5.41) is 2.65. The molecule has 20 heavy (non-hydrogen) atoms. The molecule has 1 aromatic carbocycles. The Hall–Kier alpha value is -2.67. The van der Waals surface area contributed by atoms with E-state index in [-0.39, 0.29) is 6.61 Å².